The van der Waals surface area contributed by atoms with Crippen molar-refractivity contribution in [3.63, 3.8) is 0 Å². The summed E-state index contributed by atoms with van der Waals surface area (Å²) in [5.74, 6) is 0.309. The number of hydrogen-bond acceptors (Lipinski definition) is 5. The lowest BCUT2D eigenvalue weighted by Gasteiger charge is -2.19. The van der Waals surface area contributed by atoms with Gasteiger partial charge in [-0.15, -0.1) is 0 Å². The first kappa shape index (κ1) is 17.9. The zero-order valence-corrected chi connectivity index (χ0v) is 15.2. The molecule has 0 aromatic heterocycles. The van der Waals surface area contributed by atoms with Gasteiger partial charge in [-0.3, -0.25) is 4.57 Å². The Kier molecular flexibility index (Phi) is 5.45. The van der Waals surface area contributed by atoms with E-state index in [4.69, 9.17) is 13.8 Å². The molecule has 23 heavy (non-hydrogen) atoms. The SMILES string of the molecule is CCOP(=O)(OCC)C1=C(C)C(C)(C)OC1=Nc1ccccc1. The topological polar surface area (TPSA) is 57.1 Å². The molecule has 0 fully saturated rings. The molecule has 1 aromatic carbocycles. The van der Waals surface area contributed by atoms with Crippen LogP contribution in [-0.2, 0) is 18.3 Å². The normalized spacial score (nSPS) is 19.3. The number of aliphatic imine (C=N–C) groups is 1. The lowest BCUT2D eigenvalue weighted by atomic mass is 10.0. The zero-order chi connectivity index (χ0) is 17.1. The van der Waals surface area contributed by atoms with Crippen LogP contribution in [0.25, 0.3) is 0 Å². The van der Waals surface area contributed by atoms with Gasteiger partial charge in [0, 0.05) is 0 Å². The fourth-order valence-electron chi connectivity index (χ4n) is 2.34. The molecule has 0 N–H and O–H groups in total. The van der Waals surface area contributed by atoms with Gasteiger partial charge in [-0.25, -0.2) is 4.99 Å². The second-order valence-corrected chi connectivity index (χ2v) is 7.63. The molecule has 2 rings (SSSR count). The van der Waals surface area contributed by atoms with Crippen LogP contribution in [0.5, 0.6) is 0 Å². The van der Waals surface area contributed by atoms with Crippen molar-refractivity contribution in [1.82, 2.24) is 0 Å². The van der Waals surface area contributed by atoms with E-state index in [0.717, 1.165) is 11.3 Å². The van der Waals surface area contributed by atoms with Crippen molar-refractivity contribution < 1.29 is 18.3 Å². The smallest absolute Gasteiger partial charge is 0.366 e. The molecule has 1 heterocycles. The Labute approximate surface area is 137 Å². The van der Waals surface area contributed by atoms with Crippen molar-refractivity contribution in [2.24, 2.45) is 4.99 Å². The van der Waals surface area contributed by atoms with Gasteiger partial charge in [0.05, 0.1) is 18.9 Å². The molecule has 5 nitrogen and oxygen atoms in total. The molecule has 0 unspecified atom stereocenters. The summed E-state index contributed by atoms with van der Waals surface area (Å²) in [5, 5.41) is 0.440. The van der Waals surface area contributed by atoms with Crippen LogP contribution < -0.4 is 0 Å². The summed E-state index contributed by atoms with van der Waals surface area (Å²) < 4.78 is 30.2. The van der Waals surface area contributed by atoms with E-state index in [0.29, 0.717) is 11.2 Å². The summed E-state index contributed by atoms with van der Waals surface area (Å²) in [6, 6.07) is 9.42. The maximum atomic E-state index is 13.3. The fraction of sp³-hybridized carbons (Fsp3) is 0.471. The number of nitrogens with zero attached hydrogens (tertiary/aromatic N) is 1. The van der Waals surface area contributed by atoms with E-state index in [-0.39, 0.29) is 13.2 Å². The molecule has 1 aliphatic rings. The Morgan fingerprint density at radius 3 is 2.22 bits per heavy atom. The van der Waals surface area contributed by atoms with Crippen molar-refractivity contribution in [2.75, 3.05) is 13.2 Å². The van der Waals surface area contributed by atoms with E-state index in [1.807, 2.05) is 51.1 Å². The molecule has 1 aliphatic heterocycles. The Bertz CT molecular complexity index is 654. The maximum Gasteiger partial charge on any atom is 0.366 e. The first-order valence-corrected chi connectivity index (χ1v) is 9.32. The Balaban J connectivity index is 2.56. The predicted molar refractivity (Wildman–Crippen MR) is 92.3 cm³/mol. The van der Waals surface area contributed by atoms with Crippen LogP contribution in [0.4, 0.5) is 5.69 Å². The minimum Gasteiger partial charge on any atom is -0.466 e. The van der Waals surface area contributed by atoms with Gasteiger partial charge in [0.25, 0.3) is 0 Å². The van der Waals surface area contributed by atoms with Gasteiger partial charge in [-0.2, -0.15) is 0 Å². The van der Waals surface area contributed by atoms with Gasteiger partial charge in [-0.05, 0) is 52.3 Å². The molecule has 0 radical (unpaired) electrons. The summed E-state index contributed by atoms with van der Waals surface area (Å²) in [6.45, 7) is 9.86. The highest BCUT2D eigenvalue weighted by atomic mass is 31.2. The zero-order valence-electron chi connectivity index (χ0n) is 14.3. The average Bonchev–Trinajstić information content (AvgIpc) is 2.70. The van der Waals surface area contributed by atoms with Gasteiger partial charge in [-0.1, -0.05) is 18.2 Å². The number of hydrogen-bond donors (Lipinski definition) is 0. The third kappa shape index (κ3) is 3.74. The van der Waals surface area contributed by atoms with Crippen LogP contribution in [-0.4, -0.2) is 24.7 Å². The molecule has 0 bridgehead atoms. The monoisotopic (exact) mass is 337 g/mol. The van der Waals surface area contributed by atoms with E-state index >= 15 is 0 Å². The standard InChI is InChI=1S/C17H24NO4P/c1-6-20-23(19,21-7-2)15-13(3)17(4,5)22-16(15)18-14-11-9-8-10-12-14/h8-12H,6-7H2,1-5H3. The van der Waals surface area contributed by atoms with Gasteiger partial charge in [0.1, 0.15) is 10.9 Å². The van der Waals surface area contributed by atoms with Gasteiger partial charge >= 0.3 is 7.60 Å². The quantitative estimate of drug-likeness (QED) is 0.680. The van der Waals surface area contributed by atoms with E-state index in [9.17, 15) is 4.57 Å². The summed E-state index contributed by atoms with van der Waals surface area (Å²) in [5.41, 5.74) is 0.940. The predicted octanol–water partition coefficient (Wildman–Crippen LogP) is 5.07. The van der Waals surface area contributed by atoms with Crippen molar-refractivity contribution in [2.45, 2.75) is 40.2 Å². The van der Waals surface area contributed by atoms with E-state index in [2.05, 4.69) is 4.99 Å². The molecular formula is C17H24NO4P. The lowest BCUT2D eigenvalue weighted by Crippen LogP contribution is -2.21. The molecule has 6 heteroatoms. The molecular weight excluding hydrogens is 313 g/mol. The highest BCUT2D eigenvalue weighted by molar-refractivity contribution is 7.60. The van der Waals surface area contributed by atoms with Crippen LogP contribution in [0.15, 0.2) is 46.2 Å². The van der Waals surface area contributed by atoms with Crippen LogP contribution in [0.3, 0.4) is 0 Å². The second kappa shape index (κ2) is 7.00. The highest BCUT2D eigenvalue weighted by Gasteiger charge is 2.46. The van der Waals surface area contributed by atoms with Crippen molar-refractivity contribution in [1.29, 1.82) is 0 Å². The Hall–Kier alpha value is -1.42. The summed E-state index contributed by atoms with van der Waals surface area (Å²) in [6.07, 6.45) is 0. The third-order valence-corrected chi connectivity index (χ3v) is 5.94. The van der Waals surface area contributed by atoms with Crippen LogP contribution in [0, 0.1) is 0 Å². The van der Waals surface area contributed by atoms with Crippen LogP contribution in [0.2, 0.25) is 0 Å². The van der Waals surface area contributed by atoms with Gasteiger partial charge in [0.15, 0.2) is 0 Å². The second-order valence-electron chi connectivity index (χ2n) is 5.67. The lowest BCUT2D eigenvalue weighted by molar-refractivity contribution is 0.150. The molecule has 0 amide bonds. The molecule has 0 spiro atoms. The van der Waals surface area contributed by atoms with Crippen molar-refractivity contribution >= 4 is 19.2 Å². The van der Waals surface area contributed by atoms with Crippen LogP contribution >= 0.6 is 7.60 Å². The minimum atomic E-state index is -3.47. The molecule has 126 valence electrons. The minimum absolute atomic E-state index is 0.285. The summed E-state index contributed by atoms with van der Waals surface area (Å²) in [7, 11) is -3.47. The maximum absolute atomic E-state index is 13.3. The highest BCUT2D eigenvalue weighted by Crippen LogP contribution is 2.61. The van der Waals surface area contributed by atoms with Crippen molar-refractivity contribution in [3.8, 4) is 0 Å². The first-order chi connectivity index (χ1) is 10.8. The Morgan fingerprint density at radius 1 is 1.13 bits per heavy atom. The van der Waals surface area contributed by atoms with Crippen molar-refractivity contribution in [3.05, 3.63) is 41.2 Å². The summed E-state index contributed by atoms with van der Waals surface area (Å²) in [4.78, 5) is 4.52. The van der Waals surface area contributed by atoms with Gasteiger partial charge < -0.3 is 13.8 Å². The molecule has 0 atom stereocenters. The van der Waals surface area contributed by atoms with E-state index < -0.39 is 13.2 Å². The third-order valence-electron chi connectivity index (χ3n) is 3.67. The van der Waals surface area contributed by atoms with Crippen LogP contribution in [0.1, 0.15) is 34.6 Å². The molecule has 1 aromatic rings. The largest absolute Gasteiger partial charge is 0.466 e. The molecule has 0 saturated heterocycles. The first-order valence-electron chi connectivity index (χ1n) is 7.78. The van der Waals surface area contributed by atoms with E-state index in [1.54, 1.807) is 13.8 Å². The summed E-state index contributed by atoms with van der Waals surface area (Å²) >= 11 is 0. The fourth-order valence-corrected chi connectivity index (χ4v) is 4.36. The number of benzene rings is 1. The van der Waals surface area contributed by atoms with Gasteiger partial charge in [0.2, 0.25) is 5.90 Å². The Morgan fingerprint density at radius 2 is 1.70 bits per heavy atom. The molecule has 0 aliphatic carbocycles. The number of para-hydroxylation sites is 1. The number of rotatable bonds is 6. The average molecular weight is 337 g/mol. The number of ether oxygens (including phenoxy) is 1. The van der Waals surface area contributed by atoms with E-state index in [1.165, 1.54) is 0 Å². The molecule has 0 saturated carbocycles.